The van der Waals surface area contributed by atoms with E-state index in [2.05, 4.69) is 4.98 Å². The lowest BCUT2D eigenvalue weighted by molar-refractivity contribution is 0.0965. The first-order valence-corrected chi connectivity index (χ1v) is 5.67. The number of furan rings is 1. The molecule has 4 heteroatoms. The van der Waals surface area contributed by atoms with Crippen molar-refractivity contribution in [3.8, 4) is 0 Å². The van der Waals surface area contributed by atoms with Crippen LogP contribution in [0.4, 0.5) is 0 Å². The van der Waals surface area contributed by atoms with Gasteiger partial charge in [0.05, 0.1) is 11.9 Å². The molecule has 0 spiro atoms. The Labute approximate surface area is 91.8 Å². The summed E-state index contributed by atoms with van der Waals surface area (Å²) in [6.07, 6.45) is 2.90. The summed E-state index contributed by atoms with van der Waals surface area (Å²) in [5.41, 5.74) is 1.72. The lowest BCUT2D eigenvalue weighted by Crippen LogP contribution is -2.00. The van der Waals surface area contributed by atoms with Gasteiger partial charge in [-0.1, -0.05) is 6.92 Å². The monoisotopic (exact) mass is 221 g/mol. The highest BCUT2D eigenvalue weighted by atomic mass is 32.1. The van der Waals surface area contributed by atoms with Crippen molar-refractivity contribution in [2.24, 2.45) is 0 Å². The highest BCUT2D eigenvalue weighted by Gasteiger charge is 2.12. The van der Waals surface area contributed by atoms with Crippen molar-refractivity contribution in [2.45, 2.75) is 19.8 Å². The number of aryl methyl sites for hydroxylation is 1. The summed E-state index contributed by atoms with van der Waals surface area (Å²) in [7, 11) is 0. The molecule has 0 unspecified atom stereocenters. The Balaban J connectivity index is 2.08. The van der Waals surface area contributed by atoms with E-state index in [4.69, 9.17) is 4.42 Å². The molecule has 3 nitrogen and oxygen atoms in total. The molecule has 0 aliphatic carbocycles. The van der Waals surface area contributed by atoms with E-state index < -0.39 is 0 Å². The third-order valence-corrected chi connectivity index (χ3v) is 2.88. The number of Topliss-reactive ketones (excluding diaryl/α,β-unsaturated/α-hetero) is 1. The minimum atomic E-state index is 0.0129. The van der Waals surface area contributed by atoms with Crippen LogP contribution < -0.4 is 0 Å². The van der Waals surface area contributed by atoms with Crippen molar-refractivity contribution in [3.05, 3.63) is 40.2 Å². The molecule has 0 aromatic carbocycles. The fraction of sp³-hybridized carbons (Fsp3) is 0.273. The van der Waals surface area contributed by atoms with E-state index >= 15 is 0 Å². The first-order valence-electron chi connectivity index (χ1n) is 4.79. The molecule has 0 aliphatic rings. The minimum absolute atomic E-state index is 0.0129. The van der Waals surface area contributed by atoms with Crippen LogP contribution in [0.25, 0.3) is 0 Å². The lowest BCUT2D eigenvalue weighted by Gasteiger charge is -1.93. The van der Waals surface area contributed by atoms with Crippen molar-refractivity contribution in [1.29, 1.82) is 0 Å². The number of hydrogen-bond acceptors (Lipinski definition) is 4. The number of hydrogen-bond donors (Lipinski definition) is 0. The summed E-state index contributed by atoms with van der Waals surface area (Å²) in [5.74, 6) is 1.31. The fourth-order valence-corrected chi connectivity index (χ4v) is 1.89. The van der Waals surface area contributed by atoms with Crippen LogP contribution in [0.3, 0.4) is 0 Å². The molecular formula is C11H11NO2S. The molecule has 0 N–H and O–H groups in total. The molecule has 78 valence electrons. The molecule has 2 aromatic heterocycles. The maximum atomic E-state index is 11.7. The second-order valence-electron chi connectivity index (χ2n) is 3.19. The third-order valence-electron chi connectivity index (χ3n) is 2.10. The number of rotatable bonds is 4. The summed E-state index contributed by atoms with van der Waals surface area (Å²) in [6.45, 7) is 2.00. The van der Waals surface area contributed by atoms with Gasteiger partial charge in [0.15, 0.2) is 5.76 Å². The molecule has 0 saturated heterocycles. The maximum absolute atomic E-state index is 11.7. The molecule has 2 heterocycles. The first kappa shape index (κ1) is 10.1. The zero-order valence-corrected chi connectivity index (χ0v) is 9.21. The molecule has 15 heavy (non-hydrogen) atoms. The van der Waals surface area contributed by atoms with Gasteiger partial charge in [0.2, 0.25) is 5.78 Å². The molecule has 0 amide bonds. The summed E-state index contributed by atoms with van der Waals surface area (Å²) >= 11 is 1.48. The molecule has 2 aromatic rings. The van der Waals surface area contributed by atoms with Crippen LogP contribution in [0.15, 0.2) is 28.3 Å². The van der Waals surface area contributed by atoms with Crippen LogP contribution in [0.2, 0.25) is 0 Å². The van der Waals surface area contributed by atoms with Crippen LogP contribution in [0, 0.1) is 0 Å². The summed E-state index contributed by atoms with van der Waals surface area (Å²) in [4.78, 5) is 16.6. The Morgan fingerprint density at radius 2 is 2.40 bits per heavy atom. The van der Waals surface area contributed by atoms with E-state index in [9.17, 15) is 4.79 Å². The Hall–Kier alpha value is -1.42. The van der Waals surface area contributed by atoms with E-state index in [1.54, 1.807) is 17.8 Å². The topological polar surface area (TPSA) is 43.1 Å². The summed E-state index contributed by atoms with van der Waals surface area (Å²) in [6, 6.07) is 3.59. The van der Waals surface area contributed by atoms with Crippen LogP contribution in [0.5, 0.6) is 0 Å². The van der Waals surface area contributed by atoms with Crippen molar-refractivity contribution in [1.82, 2.24) is 4.98 Å². The average Bonchev–Trinajstić information content (AvgIpc) is 2.86. The lowest BCUT2D eigenvalue weighted by atomic mass is 10.2. The number of aromatic nitrogens is 1. The fourth-order valence-electron chi connectivity index (χ4n) is 1.29. The van der Waals surface area contributed by atoms with Gasteiger partial charge in [0.1, 0.15) is 5.76 Å². The van der Waals surface area contributed by atoms with Crippen molar-refractivity contribution in [3.63, 3.8) is 0 Å². The average molecular weight is 221 g/mol. The van der Waals surface area contributed by atoms with Gasteiger partial charge in [-0.15, -0.1) is 11.3 Å². The van der Waals surface area contributed by atoms with E-state index in [0.29, 0.717) is 12.2 Å². The van der Waals surface area contributed by atoms with Gasteiger partial charge in [-0.3, -0.25) is 9.78 Å². The van der Waals surface area contributed by atoms with Crippen LogP contribution in [0.1, 0.15) is 28.1 Å². The summed E-state index contributed by atoms with van der Waals surface area (Å²) in [5, 5.41) is 0. The maximum Gasteiger partial charge on any atom is 0.203 e. The van der Waals surface area contributed by atoms with Gasteiger partial charge in [-0.2, -0.15) is 0 Å². The van der Waals surface area contributed by atoms with Crippen molar-refractivity contribution < 1.29 is 9.21 Å². The Morgan fingerprint density at radius 1 is 1.53 bits per heavy atom. The quantitative estimate of drug-likeness (QED) is 0.745. The van der Waals surface area contributed by atoms with E-state index in [1.165, 1.54) is 11.3 Å². The number of carbonyl (C=O) groups excluding carboxylic acids is 1. The van der Waals surface area contributed by atoms with Crippen molar-refractivity contribution in [2.75, 3.05) is 0 Å². The number of ketones is 1. The molecule has 0 fully saturated rings. The smallest absolute Gasteiger partial charge is 0.203 e. The highest BCUT2D eigenvalue weighted by molar-refractivity contribution is 7.09. The Morgan fingerprint density at radius 3 is 3.00 bits per heavy atom. The molecule has 0 aliphatic heterocycles. The molecule has 0 saturated carbocycles. The zero-order chi connectivity index (χ0) is 10.7. The van der Waals surface area contributed by atoms with E-state index in [1.807, 2.05) is 13.0 Å². The minimum Gasteiger partial charge on any atom is -0.458 e. The van der Waals surface area contributed by atoms with Gasteiger partial charge >= 0.3 is 0 Å². The number of nitrogens with zero attached hydrogens (tertiary/aromatic N) is 1. The van der Waals surface area contributed by atoms with Crippen LogP contribution >= 0.6 is 11.3 Å². The van der Waals surface area contributed by atoms with Gasteiger partial charge < -0.3 is 4.42 Å². The summed E-state index contributed by atoms with van der Waals surface area (Å²) < 4.78 is 5.38. The molecule has 0 atom stereocenters. The highest BCUT2D eigenvalue weighted by Crippen LogP contribution is 2.14. The first-order chi connectivity index (χ1) is 7.29. The van der Waals surface area contributed by atoms with Crippen LogP contribution in [-0.2, 0) is 12.8 Å². The molecule has 2 rings (SSSR count). The predicted molar refractivity (Wildman–Crippen MR) is 58.2 cm³/mol. The molecular weight excluding hydrogens is 210 g/mol. The van der Waals surface area contributed by atoms with Crippen LogP contribution in [-0.4, -0.2) is 10.8 Å². The van der Waals surface area contributed by atoms with Crippen molar-refractivity contribution >= 4 is 17.1 Å². The standard InChI is InChI=1S/C11H11NO2S/c1-2-8-3-4-11(14-8)10(13)5-9-6-12-7-15-9/h3-4,6-7H,2,5H2,1H3. The second kappa shape index (κ2) is 4.40. The Bertz CT molecular complexity index is 445. The van der Waals surface area contributed by atoms with E-state index in [-0.39, 0.29) is 5.78 Å². The predicted octanol–water partition coefficient (Wildman–Crippen LogP) is 2.72. The Kier molecular flexibility index (Phi) is 2.97. The second-order valence-corrected chi connectivity index (χ2v) is 4.16. The molecule has 0 bridgehead atoms. The van der Waals surface area contributed by atoms with Gasteiger partial charge in [-0.05, 0) is 12.1 Å². The van der Waals surface area contributed by atoms with Gasteiger partial charge in [0, 0.05) is 17.5 Å². The SMILES string of the molecule is CCc1ccc(C(=O)Cc2cncs2)o1. The van der Waals surface area contributed by atoms with Gasteiger partial charge in [0.25, 0.3) is 0 Å². The van der Waals surface area contributed by atoms with E-state index in [0.717, 1.165) is 17.1 Å². The number of carbonyl (C=O) groups is 1. The molecule has 0 radical (unpaired) electrons. The normalized spacial score (nSPS) is 10.5. The number of thiazole rings is 1. The van der Waals surface area contributed by atoms with Gasteiger partial charge in [-0.25, -0.2) is 0 Å². The third kappa shape index (κ3) is 2.33. The largest absolute Gasteiger partial charge is 0.458 e. The zero-order valence-electron chi connectivity index (χ0n) is 8.40.